The molecule has 0 aromatic heterocycles. The van der Waals surface area contributed by atoms with Crippen LogP contribution in [0.5, 0.6) is 0 Å². The van der Waals surface area contributed by atoms with Gasteiger partial charge >= 0.3 is 11.9 Å². The molecule has 0 amide bonds. The van der Waals surface area contributed by atoms with Gasteiger partial charge in [-0.15, -0.1) is 0 Å². The third-order valence-corrected chi connectivity index (χ3v) is 14.4. The number of carboxylic acids is 1. The maximum Gasteiger partial charge on any atom is 0.306 e. The van der Waals surface area contributed by atoms with Gasteiger partial charge in [-0.2, -0.15) is 0 Å². The Labute approximate surface area is 487 Å². The number of carbonyl (C=O) groups is 3. The second-order valence-corrected chi connectivity index (χ2v) is 23.4. The summed E-state index contributed by atoms with van der Waals surface area (Å²) in [7, 11) is 5.93. The SMILES string of the molecule is CC/C=C\C/C=C\C/C=C\C/C=C\C/C=C\CCCCCCCCCCCCCCCCCCCCCCCC(=O)OC(COC(=O)CCCCCCCCC/C=C\CCCCCCCC)COC(OCC[N+](C)(C)C)C(=O)[O-]. The Hall–Kier alpha value is -3.27. The summed E-state index contributed by atoms with van der Waals surface area (Å²) < 4.78 is 22.8. The summed E-state index contributed by atoms with van der Waals surface area (Å²) in [6.07, 6.45) is 76.9. The normalized spacial score (nSPS) is 13.2. The van der Waals surface area contributed by atoms with Gasteiger partial charge in [-0.3, -0.25) is 9.59 Å². The van der Waals surface area contributed by atoms with Gasteiger partial charge in [0.15, 0.2) is 12.4 Å². The zero-order valence-corrected chi connectivity index (χ0v) is 52.2. The molecule has 0 bridgehead atoms. The third kappa shape index (κ3) is 62.2. The molecule has 0 heterocycles. The van der Waals surface area contributed by atoms with Crippen LogP contribution in [0.1, 0.15) is 296 Å². The van der Waals surface area contributed by atoms with Crippen LogP contribution in [0.4, 0.5) is 0 Å². The summed E-state index contributed by atoms with van der Waals surface area (Å²) in [5.41, 5.74) is 0. The molecule has 0 radical (unpaired) electrons. The van der Waals surface area contributed by atoms with Crippen LogP contribution in [0.15, 0.2) is 72.9 Å². The van der Waals surface area contributed by atoms with Crippen molar-refractivity contribution in [3.63, 3.8) is 0 Å². The fourth-order valence-corrected chi connectivity index (χ4v) is 9.38. The molecule has 0 aliphatic heterocycles. The summed E-state index contributed by atoms with van der Waals surface area (Å²) in [5.74, 6) is -2.27. The number of aliphatic carboxylic acids is 1. The molecule has 0 saturated heterocycles. The molecule has 458 valence electrons. The standard InChI is InChI=1S/C70H125NO8/c1-6-8-10-12-14-16-18-20-22-24-25-26-27-28-29-30-31-32-33-34-35-36-37-38-39-40-41-42-43-45-47-49-51-53-55-57-59-61-68(73)79-66(65-78-70(69(74)75)76-63-62-71(3,4)5)64-77-67(72)60-58-56-54-52-50-48-46-44-23-21-19-17-15-13-11-9-7-2/h8,10,14,16,20-23,25-26,28-29,66,70H,6-7,9,11-13,15,17-19,24,27,30-65H2,1-5H3/b10-8-,16-14-,22-20-,23-21-,26-25-,29-28-. The smallest absolute Gasteiger partial charge is 0.306 e. The predicted octanol–water partition coefficient (Wildman–Crippen LogP) is 18.8. The van der Waals surface area contributed by atoms with Gasteiger partial charge in [0.2, 0.25) is 0 Å². The van der Waals surface area contributed by atoms with Crippen molar-refractivity contribution in [3.05, 3.63) is 72.9 Å². The van der Waals surface area contributed by atoms with Crippen LogP contribution in [-0.2, 0) is 33.3 Å². The monoisotopic (exact) mass is 1110 g/mol. The van der Waals surface area contributed by atoms with Crippen molar-refractivity contribution >= 4 is 17.9 Å². The van der Waals surface area contributed by atoms with Crippen LogP contribution in [0.2, 0.25) is 0 Å². The van der Waals surface area contributed by atoms with Gasteiger partial charge in [0, 0.05) is 12.8 Å². The number of quaternary nitrogens is 1. The van der Waals surface area contributed by atoms with E-state index in [2.05, 4.69) is 86.8 Å². The molecule has 0 rings (SSSR count). The highest BCUT2D eigenvalue weighted by atomic mass is 16.7. The van der Waals surface area contributed by atoms with E-state index in [0.29, 0.717) is 17.4 Å². The molecule has 0 aliphatic rings. The molecule has 0 saturated carbocycles. The number of ether oxygens (including phenoxy) is 4. The van der Waals surface area contributed by atoms with Crippen molar-refractivity contribution in [2.24, 2.45) is 0 Å². The van der Waals surface area contributed by atoms with Crippen molar-refractivity contribution in [3.8, 4) is 0 Å². The summed E-state index contributed by atoms with van der Waals surface area (Å²) in [5, 5.41) is 11.8. The minimum absolute atomic E-state index is 0.147. The first kappa shape index (κ1) is 75.7. The first-order chi connectivity index (χ1) is 38.6. The number of hydrogen-bond acceptors (Lipinski definition) is 8. The van der Waals surface area contributed by atoms with E-state index in [4.69, 9.17) is 18.9 Å². The fourth-order valence-electron chi connectivity index (χ4n) is 9.38. The Bertz CT molecular complexity index is 1520. The van der Waals surface area contributed by atoms with Crippen LogP contribution in [0.25, 0.3) is 0 Å². The number of hydrogen-bond donors (Lipinski definition) is 0. The van der Waals surface area contributed by atoms with Crippen molar-refractivity contribution in [2.75, 3.05) is 47.5 Å². The van der Waals surface area contributed by atoms with Crippen molar-refractivity contribution in [1.29, 1.82) is 0 Å². The maximum atomic E-state index is 12.9. The molecule has 2 unspecified atom stereocenters. The van der Waals surface area contributed by atoms with Crippen LogP contribution in [-0.4, -0.2) is 82.3 Å². The Morgan fingerprint density at radius 3 is 1.09 bits per heavy atom. The summed E-state index contributed by atoms with van der Waals surface area (Å²) in [6, 6.07) is 0. The maximum absolute atomic E-state index is 12.9. The number of likely N-dealkylation sites (N-methyl/N-ethyl adjacent to an activating group) is 1. The van der Waals surface area contributed by atoms with Gasteiger partial charge < -0.3 is 33.3 Å². The fraction of sp³-hybridized carbons (Fsp3) is 0.786. The summed E-state index contributed by atoms with van der Waals surface area (Å²) in [6.45, 7) is 4.66. The highest BCUT2D eigenvalue weighted by Gasteiger charge is 2.22. The summed E-state index contributed by atoms with van der Waals surface area (Å²) in [4.78, 5) is 37.4. The molecule has 0 aromatic rings. The molecule has 0 N–H and O–H groups in total. The molecule has 0 aliphatic carbocycles. The van der Waals surface area contributed by atoms with Gasteiger partial charge in [-0.05, 0) is 83.5 Å². The average molecular weight is 1110 g/mol. The lowest BCUT2D eigenvalue weighted by Gasteiger charge is -2.26. The topological polar surface area (TPSA) is 111 Å². The second kappa shape index (κ2) is 60.8. The Morgan fingerprint density at radius 2 is 0.722 bits per heavy atom. The largest absolute Gasteiger partial charge is 0.545 e. The number of carbonyl (C=O) groups excluding carboxylic acids is 3. The van der Waals surface area contributed by atoms with Gasteiger partial charge in [0.1, 0.15) is 13.2 Å². The highest BCUT2D eigenvalue weighted by molar-refractivity contribution is 5.70. The number of carboxylic acid groups (broad SMARTS) is 1. The van der Waals surface area contributed by atoms with Gasteiger partial charge in [0.25, 0.3) is 0 Å². The van der Waals surface area contributed by atoms with Crippen LogP contribution < -0.4 is 5.11 Å². The zero-order valence-electron chi connectivity index (χ0n) is 52.2. The Morgan fingerprint density at radius 1 is 0.392 bits per heavy atom. The molecular weight excluding hydrogens is 983 g/mol. The zero-order chi connectivity index (χ0) is 57.6. The molecular formula is C70H125NO8. The average Bonchev–Trinajstić information content (AvgIpc) is 3.42. The van der Waals surface area contributed by atoms with Crippen molar-refractivity contribution < 1.29 is 42.9 Å². The lowest BCUT2D eigenvalue weighted by atomic mass is 10.0. The van der Waals surface area contributed by atoms with Crippen LogP contribution in [0, 0.1) is 0 Å². The van der Waals surface area contributed by atoms with E-state index in [1.54, 1.807) is 0 Å². The van der Waals surface area contributed by atoms with Crippen LogP contribution >= 0.6 is 0 Å². The van der Waals surface area contributed by atoms with E-state index in [-0.39, 0.29) is 38.6 Å². The van der Waals surface area contributed by atoms with E-state index >= 15 is 0 Å². The van der Waals surface area contributed by atoms with E-state index in [9.17, 15) is 19.5 Å². The van der Waals surface area contributed by atoms with Gasteiger partial charge in [-0.25, -0.2) is 0 Å². The molecule has 0 fully saturated rings. The van der Waals surface area contributed by atoms with Crippen molar-refractivity contribution in [1.82, 2.24) is 0 Å². The Balaban J connectivity index is 4.03. The van der Waals surface area contributed by atoms with E-state index in [1.165, 1.54) is 193 Å². The van der Waals surface area contributed by atoms with E-state index in [0.717, 1.165) is 70.6 Å². The molecule has 0 aromatic carbocycles. The number of allylic oxidation sites excluding steroid dienone is 12. The lowest BCUT2D eigenvalue weighted by molar-refractivity contribution is -0.870. The third-order valence-electron chi connectivity index (χ3n) is 14.4. The molecule has 9 heteroatoms. The minimum atomic E-state index is -1.62. The van der Waals surface area contributed by atoms with E-state index < -0.39 is 24.3 Å². The van der Waals surface area contributed by atoms with Crippen LogP contribution in [0.3, 0.4) is 0 Å². The highest BCUT2D eigenvalue weighted by Crippen LogP contribution is 2.17. The van der Waals surface area contributed by atoms with Gasteiger partial charge in [0.05, 0.1) is 40.3 Å². The van der Waals surface area contributed by atoms with E-state index in [1.807, 2.05) is 21.1 Å². The molecule has 9 nitrogen and oxygen atoms in total. The lowest BCUT2D eigenvalue weighted by Crippen LogP contribution is -2.44. The Kier molecular flexibility index (Phi) is 58.3. The minimum Gasteiger partial charge on any atom is -0.545 e. The molecule has 79 heavy (non-hydrogen) atoms. The first-order valence-electron chi connectivity index (χ1n) is 33.1. The number of esters is 2. The van der Waals surface area contributed by atoms with Crippen molar-refractivity contribution in [2.45, 2.75) is 309 Å². The molecule has 0 spiro atoms. The summed E-state index contributed by atoms with van der Waals surface area (Å²) >= 11 is 0. The number of unbranched alkanes of at least 4 members (excludes halogenated alkanes) is 34. The quantitative estimate of drug-likeness (QED) is 0.0195. The first-order valence-corrected chi connectivity index (χ1v) is 33.1. The number of rotatable bonds is 61. The second-order valence-electron chi connectivity index (χ2n) is 23.4. The van der Waals surface area contributed by atoms with Gasteiger partial charge in [-0.1, -0.05) is 273 Å². The number of nitrogens with zero attached hydrogens (tertiary/aromatic N) is 1. The molecule has 2 atom stereocenters. The predicted molar refractivity (Wildman–Crippen MR) is 334 cm³/mol.